The minimum atomic E-state index is -3.86. The molecule has 2 unspecified atom stereocenters. The fourth-order valence-electron chi connectivity index (χ4n) is 3.06. The van der Waals surface area contributed by atoms with Gasteiger partial charge in [0.05, 0.1) is 21.7 Å². The van der Waals surface area contributed by atoms with Gasteiger partial charge in [0, 0.05) is 11.6 Å². The molecule has 3 rings (SSSR count). The monoisotopic (exact) mass is 409 g/mol. The highest BCUT2D eigenvalue weighted by atomic mass is 35.5. The zero-order valence-electron chi connectivity index (χ0n) is 14.2. The highest BCUT2D eigenvalue weighted by Gasteiger charge is 2.28. The van der Waals surface area contributed by atoms with Crippen LogP contribution in [-0.4, -0.2) is 30.7 Å². The standard InChI is InChI=1S/C18H17ClFN3O3S/c19-13-9-11(27(25,26)23-16-3-1-2-4-18(16)24)5-6-12(13)15-8-7-14(20)17(10-21)22-15/h5-9,16,18,23-24H,1-4H2. The quantitative estimate of drug-likeness (QED) is 0.807. The maximum Gasteiger partial charge on any atom is 0.240 e. The molecule has 0 radical (unpaired) electrons. The van der Waals surface area contributed by atoms with E-state index >= 15 is 0 Å². The van der Waals surface area contributed by atoms with Gasteiger partial charge in [-0.25, -0.2) is 22.5 Å². The third-order valence-corrected chi connectivity index (χ3v) is 6.32. The molecule has 9 heteroatoms. The summed E-state index contributed by atoms with van der Waals surface area (Å²) in [6.07, 6.45) is 2.14. The second kappa shape index (κ2) is 7.90. The van der Waals surface area contributed by atoms with E-state index in [1.165, 1.54) is 24.3 Å². The molecule has 0 bridgehead atoms. The predicted octanol–water partition coefficient (Wildman–Crippen LogP) is 2.99. The van der Waals surface area contributed by atoms with Gasteiger partial charge >= 0.3 is 0 Å². The van der Waals surface area contributed by atoms with E-state index < -0.39 is 28.0 Å². The summed E-state index contributed by atoms with van der Waals surface area (Å²) >= 11 is 6.22. The van der Waals surface area contributed by atoms with Gasteiger partial charge in [-0.2, -0.15) is 5.26 Å². The van der Waals surface area contributed by atoms with Crippen LogP contribution in [0.1, 0.15) is 31.4 Å². The maximum absolute atomic E-state index is 13.4. The Balaban J connectivity index is 1.89. The first-order valence-corrected chi connectivity index (χ1v) is 10.2. The third-order valence-electron chi connectivity index (χ3n) is 4.51. The molecule has 1 aliphatic carbocycles. The van der Waals surface area contributed by atoms with E-state index in [0.29, 0.717) is 18.4 Å². The van der Waals surface area contributed by atoms with Gasteiger partial charge < -0.3 is 5.11 Å². The predicted molar refractivity (Wildman–Crippen MR) is 97.9 cm³/mol. The number of rotatable bonds is 4. The highest BCUT2D eigenvalue weighted by molar-refractivity contribution is 7.89. The molecular formula is C18H17ClFN3O3S. The van der Waals surface area contributed by atoms with Crippen LogP contribution in [0, 0.1) is 17.1 Å². The van der Waals surface area contributed by atoms with Crippen molar-refractivity contribution < 1.29 is 17.9 Å². The number of aliphatic hydroxyl groups is 1. The molecule has 1 saturated carbocycles. The molecule has 1 aliphatic rings. The van der Waals surface area contributed by atoms with E-state index in [9.17, 15) is 17.9 Å². The molecular weight excluding hydrogens is 393 g/mol. The first-order chi connectivity index (χ1) is 12.8. The van der Waals surface area contributed by atoms with Crippen molar-refractivity contribution in [3.8, 4) is 17.3 Å². The highest BCUT2D eigenvalue weighted by Crippen LogP contribution is 2.30. The molecule has 27 heavy (non-hydrogen) atoms. The molecule has 2 N–H and O–H groups in total. The van der Waals surface area contributed by atoms with E-state index in [4.69, 9.17) is 16.9 Å². The number of sulfonamides is 1. The number of aliphatic hydroxyl groups excluding tert-OH is 1. The van der Waals surface area contributed by atoms with Crippen molar-refractivity contribution in [2.24, 2.45) is 0 Å². The first-order valence-electron chi connectivity index (χ1n) is 8.39. The number of hydrogen-bond acceptors (Lipinski definition) is 5. The molecule has 142 valence electrons. The van der Waals surface area contributed by atoms with Crippen LogP contribution in [-0.2, 0) is 10.0 Å². The topological polar surface area (TPSA) is 103 Å². The van der Waals surface area contributed by atoms with Crippen LogP contribution < -0.4 is 4.72 Å². The number of nitrogens with zero attached hydrogens (tertiary/aromatic N) is 2. The van der Waals surface area contributed by atoms with Gasteiger partial charge in [0.25, 0.3) is 0 Å². The van der Waals surface area contributed by atoms with E-state index in [0.717, 1.165) is 18.9 Å². The number of nitriles is 1. The molecule has 0 aliphatic heterocycles. The van der Waals surface area contributed by atoms with Crippen LogP contribution in [0.15, 0.2) is 35.2 Å². The minimum absolute atomic E-state index is 0.0448. The fourth-order valence-corrected chi connectivity index (χ4v) is 4.73. The SMILES string of the molecule is N#Cc1nc(-c2ccc(S(=O)(=O)NC3CCCCC3O)cc2Cl)ccc1F. The van der Waals surface area contributed by atoms with Gasteiger partial charge in [-0.3, -0.25) is 0 Å². The van der Waals surface area contributed by atoms with Crippen molar-refractivity contribution in [2.75, 3.05) is 0 Å². The molecule has 1 aromatic carbocycles. The van der Waals surface area contributed by atoms with E-state index in [1.807, 2.05) is 0 Å². The number of halogens is 2. The van der Waals surface area contributed by atoms with E-state index in [-0.39, 0.29) is 21.3 Å². The molecule has 1 heterocycles. The Hall–Kier alpha value is -2.05. The average molecular weight is 410 g/mol. The lowest BCUT2D eigenvalue weighted by molar-refractivity contribution is 0.101. The second-order valence-electron chi connectivity index (χ2n) is 6.36. The Morgan fingerprint density at radius 1 is 1.26 bits per heavy atom. The van der Waals surface area contributed by atoms with Crippen molar-refractivity contribution in [3.05, 3.63) is 46.9 Å². The van der Waals surface area contributed by atoms with E-state index in [1.54, 1.807) is 6.07 Å². The number of benzene rings is 1. The summed E-state index contributed by atoms with van der Waals surface area (Å²) in [5.41, 5.74) is 0.274. The van der Waals surface area contributed by atoms with Gasteiger partial charge in [-0.05, 0) is 43.2 Å². The van der Waals surface area contributed by atoms with Crippen LogP contribution in [0.4, 0.5) is 4.39 Å². The third kappa shape index (κ3) is 4.28. The largest absolute Gasteiger partial charge is 0.391 e. The van der Waals surface area contributed by atoms with Crippen molar-refractivity contribution in [1.29, 1.82) is 5.26 Å². The van der Waals surface area contributed by atoms with Crippen LogP contribution in [0.5, 0.6) is 0 Å². The van der Waals surface area contributed by atoms with Crippen molar-refractivity contribution in [1.82, 2.24) is 9.71 Å². The lowest BCUT2D eigenvalue weighted by Gasteiger charge is -2.28. The lowest BCUT2D eigenvalue weighted by Crippen LogP contribution is -2.44. The molecule has 1 aromatic heterocycles. The van der Waals surface area contributed by atoms with Gasteiger partial charge in [-0.1, -0.05) is 24.4 Å². The molecule has 2 atom stereocenters. The summed E-state index contributed by atoms with van der Waals surface area (Å²) in [4.78, 5) is 3.85. The zero-order chi connectivity index (χ0) is 19.6. The van der Waals surface area contributed by atoms with Crippen molar-refractivity contribution in [3.63, 3.8) is 0 Å². The van der Waals surface area contributed by atoms with Crippen molar-refractivity contribution >= 4 is 21.6 Å². The van der Waals surface area contributed by atoms with Crippen molar-refractivity contribution in [2.45, 2.75) is 42.7 Å². The Morgan fingerprint density at radius 3 is 2.67 bits per heavy atom. The normalized spacial score (nSPS) is 20.2. The molecule has 0 amide bonds. The molecule has 1 fully saturated rings. The summed E-state index contributed by atoms with van der Waals surface area (Å²) in [5.74, 6) is -0.744. The average Bonchev–Trinajstić information content (AvgIpc) is 2.64. The number of aromatic nitrogens is 1. The number of hydrogen-bond donors (Lipinski definition) is 2. The summed E-state index contributed by atoms with van der Waals surface area (Å²) in [6, 6.07) is 7.67. The Bertz CT molecular complexity index is 1010. The molecule has 0 spiro atoms. The maximum atomic E-state index is 13.4. The van der Waals surface area contributed by atoms with Crippen LogP contribution in [0.3, 0.4) is 0 Å². The Labute approximate surface area is 161 Å². The first kappa shape index (κ1) is 19.7. The van der Waals surface area contributed by atoms with Crippen LogP contribution in [0.2, 0.25) is 5.02 Å². The molecule has 2 aromatic rings. The minimum Gasteiger partial charge on any atom is -0.391 e. The van der Waals surface area contributed by atoms with Crippen LogP contribution >= 0.6 is 11.6 Å². The Kier molecular flexibility index (Phi) is 5.77. The summed E-state index contributed by atoms with van der Waals surface area (Å²) in [5, 5.41) is 19.0. The second-order valence-corrected chi connectivity index (χ2v) is 8.48. The summed E-state index contributed by atoms with van der Waals surface area (Å²) in [6.45, 7) is 0. The fraction of sp³-hybridized carbons (Fsp3) is 0.333. The van der Waals surface area contributed by atoms with Gasteiger partial charge in [0.15, 0.2) is 11.5 Å². The molecule has 0 saturated heterocycles. The zero-order valence-corrected chi connectivity index (χ0v) is 15.8. The van der Waals surface area contributed by atoms with Gasteiger partial charge in [-0.15, -0.1) is 0 Å². The van der Waals surface area contributed by atoms with Gasteiger partial charge in [0.2, 0.25) is 10.0 Å². The van der Waals surface area contributed by atoms with Crippen LogP contribution in [0.25, 0.3) is 11.3 Å². The summed E-state index contributed by atoms with van der Waals surface area (Å²) in [7, 11) is -3.86. The molecule has 6 nitrogen and oxygen atoms in total. The van der Waals surface area contributed by atoms with Gasteiger partial charge in [0.1, 0.15) is 6.07 Å². The lowest BCUT2D eigenvalue weighted by atomic mass is 9.93. The number of pyridine rings is 1. The Morgan fingerprint density at radius 2 is 2.00 bits per heavy atom. The number of nitrogens with one attached hydrogen (secondary N) is 1. The smallest absolute Gasteiger partial charge is 0.240 e. The van der Waals surface area contributed by atoms with E-state index in [2.05, 4.69) is 9.71 Å². The summed E-state index contributed by atoms with van der Waals surface area (Å²) < 4.78 is 41.2.